The molecule has 0 unspecified atom stereocenters. The number of anilines is 2. The molecule has 29 heavy (non-hydrogen) atoms. The summed E-state index contributed by atoms with van der Waals surface area (Å²) in [6.45, 7) is 6.73. The minimum atomic E-state index is -0.544. The molecule has 0 aliphatic carbocycles. The van der Waals surface area contributed by atoms with Crippen LogP contribution in [0.4, 0.5) is 11.4 Å². The largest absolute Gasteiger partial charge is 0.490 e. The van der Waals surface area contributed by atoms with Crippen LogP contribution in [0, 0.1) is 0 Å². The van der Waals surface area contributed by atoms with Gasteiger partial charge in [-0.3, -0.25) is 9.59 Å². The van der Waals surface area contributed by atoms with E-state index in [1.807, 2.05) is 6.92 Å². The molecule has 0 aromatic heterocycles. The van der Waals surface area contributed by atoms with Gasteiger partial charge in [0.05, 0.1) is 18.9 Å². The van der Waals surface area contributed by atoms with Gasteiger partial charge in [-0.25, -0.2) is 0 Å². The van der Waals surface area contributed by atoms with E-state index >= 15 is 0 Å². The summed E-state index contributed by atoms with van der Waals surface area (Å²) >= 11 is 0. The van der Waals surface area contributed by atoms with Crippen molar-refractivity contribution in [1.29, 1.82) is 0 Å². The number of amides is 2. The van der Waals surface area contributed by atoms with Crippen molar-refractivity contribution in [3.8, 4) is 17.2 Å². The standard InChI is InChI=1S/C22H26N2O5/c1-4-6-11-28-19-9-7-15(12-20(19)27-5-2)22(26)23-16-8-10-18-17(13-16)24-21(25)14(3)29-18/h7-10,12-14H,4-6,11H2,1-3H3,(H,23,26)(H,24,25)/t14-/m1/s1. The van der Waals surface area contributed by atoms with Crippen molar-refractivity contribution in [3.63, 3.8) is 0 Å². The maximum atomic E-state index is 12.7. The van der Waals surface area contributed by atoms with Crippen LogP contribution in [0.3, 0.4) is 0 Å². The Morgan fingerprint density at radius 1 is 1.14 bits per heavy atom. The minimum absolute atomic E-state index is 0.221. The van der Waals surface area contributed by atoms with Crippen molar-refractivity contribution in [2.24, 2.45) is 0 Å². The Balaban J connectivity index is 1.74. The van der Waals surface area contributed by atoms with Crippen molar-refractivity contribution in [2.75, 3.05) is 23.8 Å². The number of nitrogens with one attached hydrogen (secondary N) is 2. The van der Waals surface area contributed by atoms with Crippen LogP contribution in [-0.2, 0) is 4.79 Å². The second kappa shape index (κ2) is 9.32. The summed E-state index contributed by atoms with van der Waals surface area (Å²) in [5.41, 5.74) is 1.52. The van der Waals surface area contributed by atoms with Gasteiger partial charge in [0, 0.05) is 11.3 Å². The van der Waals surface area contributed by atoms with Gasteiger partial charge < -0.3 is 24.8 Å². The predicted octanol–water partition coefficient (Wildman–Crippen LogP) is 4.24. The maximum absolute atomic E-state index is 12.7. The zero-order chi connectivity index (χ0) is 20.8. The Kier molecular flexibility index (Phi) is 6.59. The smallest absolute Gasteiger partial charge is 0.265 e. The van der Waals surface area contributed by atoms with Gasteiger partial charge in [0.2, 0.25) is 0 Å². The van der Waals surface area contributed by atoms with E-state index in [1.165, 1.54) is 0 Å². The molecular weight excluding hydrogens is 372 g/mol. The average Bonchev–Trinajstić information content (AvgIpc) is 2.70. The molecule has 0 bridgehead atoms. The first-order valence-electron chi connectivity index (χ1n) is 9.84. The Morgan fingerprint density at radius 2 is 1.97 bits per heavy atom. The van der Waals surface area contributed by atoms with E-state index in [-0.39, 0.29) is 11.8 Å². The molecule has 0 radical (unpaired) electrons. The summed E-state index contributed by atoms with van der Waals surface area (Å²) in [5.74, 6) is 1.22. The number of rotatable bonds is 8. The first kappa shape index (κ1) is 20.5. The second-order valence-electron chi connectivity index (χ2n) is 6.71. The summed E-state index contributed by atoms with van der Waals surface area (Å²) in [4.78, 5) is 24.5. The second-order valence-corrected chi connectivity index (χ2v) is 6.71. The van der Waals surface area contributed by atoms with Crippen LogP contribution in [0.25, 0.3) is 0 Å². The fourth-order valence-electron chi connectivity index (χ4n) is 2.85. The fraction of sp³-hybridized carbons (Fsp3) is 0.364. The van der Waals surface area contributed by atoms with Crippen molar-refractivity contribution in [3.05, 3.63) is 42.0 Å². The van der Waals surface area contributed by atoms with E-state index in [0.717, 1.165) is 12.8 Å². The molecule has 0 fully saturated rings. The quantitative estimate of drug-likeness (QED) is 0.650. The van der Waals surface area contributed by atoms with E-state index in [1.54, 1.807) is 43.3 Å². The third-order valence-corrected chi connectivity index (χ3v) is 4.43. The molecule has 3 rings (SSSR count). The highest BCUT2D eigenvalue weighted by Gasteiger charge is 2.23. The topological polar surface area (TPSA) is 85.9 Å². The Hall–Kier alpha value is -3.22. The van der Waals surface area contributed by atoms with Crippen LogP contribution in [0.1, 0.15) is 44.0 Å². The van der Waals surface area contributed by atoms with E-state index in [0.29, 0.717) is 47.4 Å². The molecule has 1 aliphatic rings. The number of carbonyl (C=O) groups is 2. The molecule has 7 nitrogen and oxygen atoms in total. The zero-order valence-electron chi connectivity index (χ0n) is 16.9. The number of benzene rings is 2. The van der Waals surface area contributed by atoms with E-state index in [9.17, 15) is 9.59 Å². The van der Waals surface area contributed by atoms with Crippen molar-refractivity contribution < 1.29 is 23.8 Å². The van der Waals surface area contributed by atoms with Gasteiger partial charge >= 0.3 is 0 Å². The van der Waals surface area contributed by atoms with Gasteiger partial charge in [-0.2, -0.15) is 0 Å². The lowest BCUT2D eigenvalue weighted by molar-refractivity contribution is -0.122. The summed E-state index contributed by atoms with van der Waals surface area (Å²) in [6.07, 6.45) is 1.44. The minimum Gasteiger partial charge on any atom is -0.490 e. The van der Waals surface area contributed by atoms with Crippen LogP contribution in [0.15, 0.2) is 36.4 Å². The maximum Gasteiger partial charge on any atom is 0.265 e. The zero-order valence-corrected chi connectivity index (χ0v) is 16.9. The highest BCUT2D eigenvalue weighted by Crippen LogP contribution is 2.33. The van der Waals surface area contributed by atoms with Gasteiger partial charge in [0.1, 0.15) is 5.75 Å². The van der Waals surface area contributed by atoms with Crippen LogP contribution < -0.4 is 24.8 Å². The summed E-state index contributed by atoms with van der Waals surface area (Å²) in [7, 11) is 0. The molecule has 1 aliphatic heterocycles. The van der Waals surface area contributed by atoms with Gasteiger partial charge in [-0.15, -0.1) is 0 Å². The van der Waals surface area contributed by atoms with E-state index in [2.05, 4.69) is 17.6 Å². The first-order chi connectivity index (χ1) is 14.0. The third-order valence-electron chi connectivity index (χ3n) is 4.43. The van der Waals surface area contributed by atoms with Crippen molar-refractivity contribution >= 4 is 23.2 Å². The SMILES string of the molecule is CCCCOc1ccc(C(=O)Nc2ccc3c(c2)NC(=O)[C@@H](C)O3)cc1OCC. The molecular formula is C22H26N2O5. The molecule has 2 aromatic rings. The summed E-state index contributed by atoms with van der Waals surface area (Å²) in [6, 6.07) is 10.2. The fourth-order valence-corrected chi connectivity index (χ4v) is 2.85. The summed E-state index contributed by atoms with van der Waals surface area (Å²) in [5, 5.41) is 5.60. The van der Waals surface area contributed by atoms with E-state index in [4.69, 9.17) is 14.2 Å². The van der Waals surface area contributed by atoms with Gasteiger partial charge in [-0.1, -0.05) is 13.3 Å². The molecule has 2 aromatic carbocycles. The van der Waals surface area contributed by atoms with Crippen LogP contribution in [-0.4, -0.2) is 31.1 Å². The van der Waals surface area contributed by atoms with Gasteiger partial charge in [0.15, 0.2) is 17.6 Å². The number of carbonyl (C=O) groups excluding carboxylic acids is 2. The molecule has 2 N–H and O–H groups in total. The summed E-state index contributed by atoms with van der Waals surface area (Å²) < 4.78 is 16.9. The normalized spacial score (nSPS) is 15.0. The van der Waals surface area contributed by atoms with Gasteiger partial charge in [0.25, 0.3) is 11.8 Å². The first-order valence-corrected chi connectivity index (χ1v) is 9.84. The van der Waals surface area contributed by atoms with Crippen molar-refractivity contribution in [1.82, 2.24) is 0 Å². The lowest BCUT2D eigenvalue weighted by atomic mass is 10.1. The van der Waals surface area contributed by atoms with E-state index < -0.39 is 6.10 Å². The molecule has 0 saturated heterocycles. The highest BCUT2D eigenvalue weighted by atomic mass is 16.5. The van der Waals surface area contributed by atoms with Crippen LogP contribution in [0.2, 0.25) is 0 Å². The number of ether oxygens (including phenoxy) is 3. The monoisotopic (exact) mass is 398 g/mol. The number of hydrogen-bond donors (Lipinski definition) is 2. The molecule has 154 valence electrons. The van der Waals surface area contributed by atoms with Crippen molar-refractivity contribution in [2.45, 2.75) is 39.7 Å². The van der Waals surface area contributed by atoms with Gasteiger partial charge in [-0.05, 0) is 56.7 Å². The Labute approximate surface area is 170 Å². The predicted molar refractivity (Wildman–Crippen MR) is 111 cm³/mol. The Morgan fingerprint density at radius 3 is 2.72 bits per heavy atom. The molecule has 7 heteroatoms. The Bertz CT molecular complexity index is 897. The lowest BCUT2D eigenvalue weighted by Gasteiger charge is -2.23. The molecule has 0 saturated carbocycles. The molecule has 1 atom stereocenters. The third kappa shape index (κ3) is 4.99. The molecule has 1 heterocycles. The van der Waals surface area contributed by atoms with Crippen LogP contribution in [0.5, 0.6) is 17.2 Å². The highest BCUT2D eigenvalue weighted by molar-refractivity contribution is 6.05. The average molecular weight is 398 g/mol. The number of hydrogen-bond acceptors (Lipinski definition) is 5. The van der Waals surface area contributed by atoms with Crippen LogP contribution >= 0.6 is 0 Å². The lowest BCUT2D eigenvalue weighted by Crippen LogP contribution is -2.34. The molecule has 0 spiro atoms. The molecule has 2 amide bonds. The number of fused-ring (bicyclic) bond motifs is 1. The number of unbranched alkanes of at least 4 members (excludes halogenated alkanes) is 1.